The predicted octanol–water partition coefficient (Wildman–Crippen LogP) is 3.78. The lowest BCUT2D eigenvalue weighted by molar-refractivity contribution is 0.292. The van der Waals surface area contributed by atoms with Gasteiger partial charge < -0.3 is 5.73 Å². The third kappa shape index (κ3) is 2.43. The molecule has 1 saturated carbocycles. The van der Waals surface area contributed by atoms with Gasteiger partial charge in [0.2, 0.25) is 0 Å². The summed E-state index contributed by atoms with van der Waals surface area (Å²) in [6.07, 6.45) is 6.15. The van der Waals surface area contributed by atoms with E-state index in [0.717, 1.165) is 12.8 Å². The van der Waals surface area contributed by atoms with Crippen LogP contribution >= 0.6 is 15.9 Å². The zero-order valence-corrected chi connectivity index (χ0v) is 10.5. The number of benzene rings is 1. The minimum Gasteiger partial charge on any atom is -0.324 e. The Hall–Kier alpha value is -0.340. The van der Waals surface area contributed by atoms with Gasteiger partial charge in [-0.3, -0.25) is 0 Å². The average Bonchev–Trinajstić information content (AvgIpc) is 2.30. The maximum atomic E-state index is 6.49. The first-order valence-electron chi connectivity index (χ1n) is 5.70. The van der Waals surface area contributed by atoms with Crippen molar-refractivity contribution in [2.75, 3.05) is 0 Å². The summed E-state index contributed by atoms with van der Waals surface area (Å²) in [4.78, 5) is 0.298. The molecule has 0 bridgehead atoms. The zero-order valence-electron chi connectivity index (χ0n) is 8.95. The molecule has 0 aromatic heterocycles. The highest BCUT2D eigenvalue weighted by atomic mass is 79.9. The molecule has 0 aliphatic heterocycles. The monoisotopic (exact) mass is 267 g/mol. The van der Waals surface area contributed by atoms with Crippen LogP contribution in [0.2, 0.25) is 0 Å². The Morgan fingerprint density at radius 2 is 1.67 bits per heavy atom. The van der Waals surface area contributed by atoms with Crippen molar-refractivity contribution in [2.45, 2.75) is 42.5 Å². The summed E-state index contributed by atoms with van der Waals surface area (Å²) in [6.45, 7) is 0. The third-order valence-corrected chi connectivity index (χ3v) is 4.82. The summed E-state index contributed by atoms with van der Waals surface area (Å²) < 4.78 is 0. The van der Waals surface area contributed by atoms with Crippen LogP contribution in [0, 0.1) is 0 Å². The molecule has 0 heterocycles. The van der Waals surface area contributed by atoms with Crippen molar-refractivity contribution in [3.63, 3.8) is 0 Å². The fourth-order valence-corrected chi connectivity index (χ4v) is 3.18. The van der Waals surface area contributed by atoms with E-state index in [1.807, 2.05) is 6.07 Å². The van der Waals surface area contributed by atoms with Crippen LogP contribution in [0.15, 0.2) is 30.3 Å². The first kappa shape index (κ1) is 11.2. The lowest BCUT2D eigenvalue weighted by Crippen LogP contribution is -2.45. The molecule has 0 spiro atoms. The first-order valence-corrected chi connectivity index (χ1v) is 6.62. The van der Waals surface area contributed by atoms with Gasteiger partial charge in [-0.2, -0.15) is 0 Å². The molecule has 0 radical (unpaired) electrons. The second kappa shape index (κ2) is 4.67. The molecule has 1 aromatic rings. The number of nitrogens with two attached hydrogens (primary N) is 1. The van der Waals surface area contributed by atoms with Crippen molar-refractivity contribution in [1.82, 2.24) is 0 Å². The van der Waals surface area contributed by atoms with Gasteiger partial charge in [-0.1, -0.05) is 65.5 Å². The Morgan fingerprint density at radius 3 is 2.27 bits per heavy atom. The van der Waals surface area contributed by atoms with E-state index in [9.17, 15) is 0 Å². The minimum atomic E-state index is -0.0421. The number of hydrogen-bond acceptors (Lipinski definition) is 1. The number of alkyl halides is 1. The largest absolute Gasteiger partial charge is 0.324 e. The van der Waals surface area contributed by atoms with Gasteiger partial charge in [-0.05, 0) is 18.4 Å². The quantitative estimate of drug-likeness (QED) is 0.811. The molecule has 15 heavy (non-hydrogen) atoms. The molecule has 1 unspecified atom stereocenters. The van der Waals surface area contributed by atoms with Crippen LogP contribution in [0.4, 0.5) is 0 Å². The molecule has 1 atom stereocenters. The highest BCUT2D eigenvalue weighted by Crippen LogP contribution is 2.41. The van der Waals surface area contributed by atoms with Crippen LogP contribution in [-0.4, -0.2) is 5.54 Å². The SMILES string of the molecule is NC1(C(Br)c2ccccc2)CCCCC1. The smallest absolute Gasteiger partial charge is 0.0574 e. The normalized spacial score (nSPS) is 22.3. The van der Waals surface area contributed by atoms with Crippen LogP contribution < -0.4 is 5.73 Å². The van der Waals surface area contributed by atoms with Crippen molar-refractivity contribution >= 4 is 15.9 Å². The van der Waals surface area contributed by atoms with Gasteiger partial charge in [0.25, 0.3) is 0 Å². The van der Waals surface area contributed by atoms with Crippen LogP contribution in [0.1, 0.15) is 42.5 Å². The van der Waals surface area contributed by atoms with Gasteiger partial charge in [0.15, 0.2) is 0 Å². The molecule has 0 amide bonds. The molecule has 1 aliphatic carbocycles. The highest BCUT2D eigenvalue weighted by Gasteiger charge is 2.35. The van der Waals surface area contributed by atoms with Crippen molar-refractivity contribution in [3.05, 3.63) is 35.9 Å². The second-order valence-electron chi connectivity index (χ2n) is 4.57. The molecule has 2 rings (SSSR count). The minimum absolute atomic E-state index is 0.0421. The van der Waals surface area contributed by atoms with E-state index < -0.39 is 0 Å². The van der Waals surface area contributed by atoms with Crippen molar-refractivity contribution in [3.8, 4) is 0 Å². The van der Waals surface area contributed by atoms with Crippen molar-refractivity contribution in [1.29, 1.82) is 0 Å². The van der Waals surface area contributed by atoms with E-state index in [2.05, 4.69) is 40.2 Å². The Morgan fingerprint density at radius 1 is 1.07 bits per heavy atom. The maximum absolute atomic E-state index is 6.49. The third-order valence-electron chi connectivity index (χ3n) is 3.38. The lowest BCUT2D eigenvalue weighted by atomic mass is 9.78. The standard InChI is InChI=1S/C13H18BrN/c14-12(11-7-3-1-4-8-11)13(15)9-5-2-6-10-13/h1,3-4,7-8,12H,2,5-6,9-10,15H2. The summed E-state index contributed by atoms with van der Waals surface area (Å²) in [7, 11) is 0. The van der Waals surface area contributed by atoms with Crippen LogP contribution in [0.25, 0.3) is 0 Å². The summed E-state index contributed by atoms with van der Waals surface area (Å²) in [5, 5.41) is 0. The van der Waals surface area contributed by atoms with Gasteiger partial charge in [0.1, 0.15) is 0 Å². The van der Waals surface area contributed by atoms with Crippen LogP contribution in [-0.2, 0) is 0 Å². The van der Waals surface area contributed by atoms with Gasteiger partial charge in [-0.15, -0.1) is 0 Å². The number of rotatable bonds is 2. The molecule has 1 aliphatic rings. The maximum Gasteiger partial charge on any atom is 0.0574 e. The molecule has 1 nitrogen and oxygen atoms in total. The molecular weight excluding hydrogens is 250 g/mol. The molecule has 2 N–H and O–H groups in total. The van der Waals surface area contributed by atoms with Gasteiger partial charge >= 0.3 is 0 Å². The lowest BCUT2D eigenvalue weighted by Gasteiger charge is -2.38. The van der Waals surface area contributed by atoms with Crippen molar-refractivity contribution < 1.29 is 0 Å². The Kier molecular flexibility index (Phi) is 3.47. The summed E-state index contributed by atoms with van der Waals surface area (Å²) >= 11 is 3.78. The fourth-order valence-electron chi connectivity index (χ4n) is 2.42. The Balaban J connectivity index is 2.16. The Labute approximate surface area is 100 Å². The average molecular weight is 268 g/mol. The molecule has 1 fully saturated rings. The first-order chi connectivity index (χ1) is 7.22. The van der Waals surface area contributed by atoms with E-state index >= 15 is 0 Å². The van der Waals surface area contributed by atoms with E-state index in [4.69, 9.17) is 5.73 Å². The van der Waals surface area contributed by atoms with Gasteiger partial charge in [-0.25, -0.2) is 0 Å². The van der Waals surface area contributed by atoms with E-state index in [1.165, 1.54) is 24.8 Å². The van der Waals surface area contributed by atoms with Crippen LogP contribution in [0.5, 0.6) is 0 Å². The Bertz CT molecular complexity index is 304. The summed E-state index contributed by atoms with van der Waals surface area (Å²) in [5.41, 5.74) is 7.75. The van der Waals surface area contributed by atoms with E-state index in [0.29, 0.717) is 4.83 Å². The topological polar surface area (TPSA) is 26.0 Å². The van der Waals surface area contributed by atoms with Gasteiger partial charge in [0, 0.05) is 5.54 Å². The molecular formula is C13H18BrN. The van der Waals surface area contributed by atoms with Gasteiger partial charge in [0.05, 0.1) is 4.83 Å². The van der Waals surface area contributed by atoms with E-state index in [1.54, 1.807) is 0 Å². The predicted molar refractivity (Wildman–Crippen MR) is 68.1 cm³/mol. The number of hydrogen-bond donors (Lipinski definition) is 1. The summed E-state index contributed by atoms with van der Waals surface area (Å²) in [6, 6.07) is 10.5. The summed E-state index contributed by atoms with van der Waals surface area (Å²) in [5.74, 6) is 0. The van der Waals surface area contributed by atoms with Crippen LogP contribution in [0.3, 0.4) is 0 Å². The molecule has 2 heteroatoms. The fraction of sp³-hybridized carbons (Fsp3) is 0.538. The molecule has 1 aromatic carbocycles. The zero-order chi connectivity index (χ0) is 10.7. The number of halogens is 1. The second-order valence-corrected chi connectivity index (χ2v) is 5.48. The molecule has 0 saturated heterocycles. The molecule has 82 valence electrons. The van der Waals surface area contributed by atoms with Crippen molar-refractivity contribution in [2.24, 2.45) is 5.73 Å². The van der Waals surface area contributed by atoms with E-state index in [-0.39, 0.29) is 5.54 Å². The highest BCUT2D eigenvalue weighted by molar-refractivity contribution is 9.09.